The van der Waals surface area contributed by atoms with Crippen molar-refractivity contribution >= 4 is 16.8 Å². The first kappa shape index (κ1) is 23.8. The van der Waals surface area contributed by atoms with E-state index in [1.165, 1.54) is 6.07 Å². The molecule has 1 aromatic carbocycles. The van der Waals surface area contributed by atoms with Crippen LogP contribution in [0.15, 0.2) is 40.9 Å². The highest BCUT2D eigenvalue weighted by atomic mass is 19.1. The normalized spacial score (nSPS) is 16.3. The zero-order chi connectivity index (χ0) is 25.5. The van der Waals surface area contributed by atoms with Crippen LogP contribution in [0, 0.1) is 11.6 Å². The number of pyridine rings is 1. The number of rotatable bonds is 5. The lowest BCUT2D eigenvalue weighted by atomic mass is 9.95. The van der Waals surface area contributed by atoms with Crippen LogP contribution >= 0.6 is 0 Å². The number of nitrogens with one attached hydrogen (secondary N) is 1. The molecule has 0 amide bonds. The van der Waals surface area contributed by atoms with Crippen molar-refractivity contribution in [2.45, 2.75) is 45.1 Å². The summed E-state index contributed by atoms with van der Waals surface area (Å²) >= 11 is 0. The van der Waals surface area contributed by atoms with E-state index in [1.54, 1.807) is 6.07 Å². The number of fused-ring (bicyclic) bond motifs is 2. The molecule has 1 saturated heterocycles. The third kappa shape index (κ3) is 4.64. The molecule has 5 heterocycles. The first-order valence-corrected chi connectivity index (χ1v) is 12.8. The van der Waals surface area contributed by atoms with Crippen LogP contribution in [0.3, 0.4) is 0 Å². The van der Waals surface area contributed by atoms with Gasteiger partial charge in [0.2, 0.25) is 5.71 Å². The number of anilines is 1. The maximum absolute atomic E-state index is 15.0. The molecule has 6 rings (SSSR count). The van der Waals surface area contributed by atoms with Crippen LogP contribution < -0.4 is 15.0 Å². The van der Waals surface area contributed by atoms with Crippen LogP contribution in [0.5, 0.6) is 5.75 Å². The molecule has 0 radical (unpaired) electrons. The molecule has 37 heavy (non-hydrogen) atoms. The Labute approximate surface area is 213 Å². The van der Waals surface area contributed by atoms with Gasteiger partial charge in [0.05, 0.1) is 30.5 Å². The Morgan fingerprint density at radius 3 is 2.73 bits per heavy atom. The van der Waals surface area contributed by atoms with Gasteiger partial charge in [0.25, 0.3) is 0 Å². The minimum Gasteiger partial charge on any atom is -0.486 e. The molecule has 192 valence electrons. The predicted octanol–water partition coefficient (Wildman–Crippen LogP) is 5.23. The largest absolute Gasteiger partial charge is 0.486 e. The number of furan rings is 1. The van der Waals surface area contributed by atoms with Gasteiger partial charge < -0.3 is 19.4 Å². The summed E-state index contributed by atoms with van der Waals surface area (Å²) in [4.78, 5) is 15.4. The molecule has 0 aliphatic carbocycles. The standard InChI is InChI=1S/C28H29F2N5O2/c1-16(2)35-9-10-36-27-21(29)11-19(12-23(27)35)26-22(30)15-32-25(34-26)14-20-4-3-18-13-24(37-28(18)33-20)17-5-7-31-8-6-17/h3-4,11-13,15-17,31H,5-10,14H2,1-2H3. The lowest BCUT2D eigenvalue weighted by Gasteiger charge is -2.34. The average molecular weight is 506 g/mol. The number of aromatic nitrogens is 3. The predicted molar refractivity (Wildman–Crippen MR) is 137 cm³/mol. The molecular weight excluding hydrogens is 476 g/mol. The summed E-state index contributed by atoms with van der Waals surface area (Å²) in [6.07, 6.45) is 3.51. The van der Waals surface area contributed by atoms with Gasteiger partial charge in [-0.1, -0.05) is 0 Å². The smallest absolute Gasteiger partial charge is 0.226 e. The maximum Gasteiger partial charge on any atom is 0.226 e. The molecular formula is C28H29F2N5O2. The molecule has 9 heteroatoms. The van der Waals surface area contributed by atoms with Crippen LogP contribution in [0.2, 0.25) is 0 Å². The summed E-state index contributed by atoms with van der Waals surface area (Å²) < 4.78 is 41.5. The van der Waals surface area contributed by atoms with Gasteiger partial charge in [-0.3, -0.25) is 0 Å². The number of hydrogen-bond donors (Lipinski definition) is 1. The van der Waals surface area contributed by atoms with Crippen molar-refractivity contribution in [1.29, 1.82) is 0 Å². The van der Waals surface area contributed by atoms with Crippen LogP contribution in [0.25, 0.3) is 22.4 Å². The average Bonchev–Trinajstić information content (AvgIpc) is 3.33. The van der Waals surface area contributed by atoms with Crippen LogP contribution in [-0.2, 0) is 6.42 Å². The van der Waals surface area contributed by atoms with Crippen molar-refractivity contribution in [3.05, 3.63) is 65.4 Å². The van der Waals surface area contributed by atoms with Crippen molar-refractivity contribution in [3.63, 3.8) is 0 Å². The van der Waals surface area contributed by atoms with Crippen LogP contribution in [0.4, 0.5) is 14.5 Å². The summed E-state index contributed by atoms with van der Waals surface area (Å²) in [6, 6.07) is 9.11. The fourth-order valence-corrected chi connectivity index (χ4v) is 5.21. The SMILES string of the molecule is CC(C)N1CCOc2c(F)cc(-c3nc(Cc4ccc5cc(C6CCNCC6)oc5n4)ncc3F)cc21. The van der Waals surface area contributed by atoms with E-state index >= 15 is 0 Å². The fourth-order valence-electron chi connectivity index (χ4n) is 5.21. The Morgan fingerprint density at radius 2 is 1.92 bits per heavy atom. The minimum atomic E-state index is -0.614. The summed E-state index contributed by atoms with van der Waals surface area (Å²) in [7, 11) is 0. The zero-order valence-electron chi connectivity index (χ0n) is 20.9. The molecule has 7 nitrogen and oxygen atoms in total. The van der Waals surface area contributed by atoms with E-state index in [1.807, 2.05) is 30.9 Å². The highest BCUT2D eigenvalue weighted by Gasteiger charge is 2.26. The summed E-state index contributed by atoms with van der Waals surface area (Å²) in [5.74, 6) is 0.803. The summed E-state index contributed by atoms with van der Waals surface area (Å²) in [5.41, 5.74) is 2.29. The Hall–Kier alpha value is -3.59. The van der Waals surface area contributed by atoms with Crippen molar-refractivity contribution in [2.24, 2.45) is 0 Å². The van der Waals surface area contributed by atoms with Crippen molar-refractivity contribution in [3.8, 4) is 17.0 Å². The molecule has 0 unspecified atom stereocenters. The lowest BCUT2D eigenvalue weighted by molar-refractivity contribution is 0.287. The molecule has 1 fully saturated rings. The first-order valence-electron chi connectivity index (χ1n) is 12.8. The van der Waals surface area contributed by atoms with Crippen molar-refractivity contribution < 1.29 is 17.9 Å². The Morgan fingerprint density at radius 1 is 1.08 bits per heavy atom. The molecule has 0 spiro atoms. The van der Waals surface area contributed by atoms with E-state index in [0.717, 1.165) is 43.3 Å². The fraction of sp³-hybridized carbons (Fsp3) is 0.393. The number of ether oxygens (including phenoxy) is 1. The number of nitrogens with zero attached hydrogens (tertiary/aromatic N) is 4. The minimum absolute atomic E-state index is 0.0493. The van der Waals surface area contributed by atoms with Gasteiger partial charge in [0.15, 0.2) is 17.4 Å². The van der Waals surface area contributed by atoms with E-state index in [0.29, 0.717) is 54.0 Å². The number of benzene rings is 1. The molecule has 2 aliphatic heterocycles. The van der Waals surface area contributed by atoms with Gasteiger partial charge in [-0.2, -0.15) is 0 Å². The van der Waals surface area contributed by atoms with Crippen molar-refractivity contribution in [2.75, 3.05) is 31.1 Å². The maximum atomic E-state index is 15.0. The van der Waals surface area contributed by atoms with Gasteiger partial charge in [0.1, 0.15) is 23.9 Å². The molecule has 1 N–H and O–H groups in total. The van der Waals surface area contributed by atoms with Crippen LogP contribution in [0.1, 0.15) is 49.9 Å². The van der Waals surface area contributed by atoms with E-state index in [2.05, 4.69) is 26.3 Å². The topological polar surface area (TPSA) is 76.3 Å². The monoisotopic (exact) mass is 505 g/mol. The van der Waals surface area contributed by atoms with Gasteiger partial charge in [-0.05, 0) is 70.1 Å². The molecule has 4 aromatic rings. The summed E-state index contributed by atoms with van der Waals surface area (Å²) in [5, 5.41) is 4.33. The van der Waals surface area contributed by atoms with Gasteiger partial charge in [-0.25, -0.2) is 23.7 Å². The molecule has 0 bridgehead atoms. The van der Waals surface area contributed by atoms with E-state index in [9.17, 15) is 8.78 Å². The number of halogens is 2. The molecule has 0 atom stereocenters. The zero-order valence-corrected chi connectivity index (χ0v) is 20.9. The quantitative estimate of drug-likeness (QED) is 0.398. The van der Waals surface area contributed by atoms with Gasteiger partial charge >= 0.3 is 0 Å². The second kappa shape index (κ2) is 9.70. The molecule has 3 aromatic heterocycles. The third-order valence-electron chi connectivity index (χ3n) is 7.14. The van der Waals surface area contributed by atoms with Gasteiger partial charge in [0, 0.05) is 22.9 Å². The van der Waals surface area contributed by atoms with Gasteiger partial charge in [-0.15, -0.1) is 0 Å². The molecule has 0 saturated carbocycles. The van der Waals surface area contributed by atoms with E-state index in [-0.39, 0.29) is 17.5 Å². The second-order valence-electron chi connectivity index (χ2n) is 9.97. The van der Waals surface area contributed by atoms with Crippen LogP contribution in [-0.4, -0.2) is 47.2 Å². The van der Waals surface area contributed by atoms with Crippen molar-refractivity contribution in [1.82, 2.24) is 20.3 Å². The first-order chi connectivity index (χ1) is 18.0. The highest BCUT2D eigenvalue weighted by molar-refractivity contribution is 5.75. The Kier molecular flexibility index (Phi) is 6.24. The molecule has 2 aliphatic rings. The highest BCUT2D eigenvalue weighted by Crippen LogP contribution is 2.39. The Bertz CT molecular complexity index is 1450. The number of piperidine rings is 1. The third-order valence-corrected chi connectivity index (χ3v) is 7.14. The van der Waals surface area contributed by atoms with E-state index < -0.39 is 11.6 Å². The lowest BCUT2D eigenvalue weighted by Crippen LogP contribution is -2.38. The summed E-state index contributed by atoms with van der Waals surface area (Å²) in [6.45, 7) is 7.07. The second-order valence-corrected chi connectivity index (χ2v) is 9.97. The number of hydrogen-bond acceptors (Lipinski definition) is 7. The Balaban J connectivity index is 1.30. The van der Waals surface area contributed by atoms with E-state index in [4.69, 9.17) is 9.15 Å².